The molecule has 6 saturated heterocycles. The molecule has 0 aromatic heterocycles. The molecule has 0 unspecified atom stereocenters. The van der Waals surface area contributed by atoms with Gasteiger partial charge in [-0.3, -0.25) is 8.97 Å². The van der Waals surface area contributed by atoms with Gasteiger partial charge in [0.1, 0.15) is 39.3 Å². The molecule has 0 spiro atoms. The third-order valence-electron chi connectivity index (χ3n) is 9.03. The summed E-state index contributed by atoms with van der Waals surface area (Å²) in [5.74, 6) is 0. The third kappa shape index (κ3) is 13.3. The van der Waals surface area contributed by atoms with Crippen LogP contribution in [0.15, 0.2) is 0 Å². The van der Waals surface area contributed by atoms with Crippen LogP contribution in [-0.2, 0) is 40.5 Å². The summed E-state index contributed by atoms with van der Waals surface area (Å²) in [5, 5.41) is 0. The lowest BCUT2D eigenvalue weighted by molar-refractivity contribution is -1.25. The van der Waals surface area contributed by atoms with Crippen molar-refractivity contribution in [3.63, 3.8) is 0 Å². The Morgan fingerprint density at radius 2 is 0.472 bits per heavy atom. The monoisotopic (exact) mass is 900 g/mol. The fourth-order valence-electron chi connectivity index (χ4n) is 5.66. The summed E-state index contributed by atoms with van der Waals surface area (Å²) >= 11 is 0. The molecule has 6 heterocycles. The van der Waals surface area contributed by atoms with Gasteiger partial charge in [0.15, 0.2) is 79.7 Å². The van der Waals surface area contributed by atoms with Gasteiger partial charge in [-0.25, -0.2) is 33.7 Å². The minimum absolute atomic E-state index is 0.0946. The van der Waals surface area contributed by atoms with Crippen LogP contribution in [0.2, 0.25) is 0 Å². The maximum absolute atomic E-state index is 14.4. The van der Waals surface area contributed by atoms with Crippen LogP contribution in [0.4, 0.5) is 61.6 Å². The van der Waals surface area contributed by atoms with Crippen molar-refractivity contribution < 1.29 is 132 Å². The van der Waals surface area contributed by atoms with Crippen molar-refractivity contribution in [1.29, 1.82) is 0 Å². The van der Waals surface area contributed by atoms with Gasteiger partial charge in [0, 0.05) is 13.8 Å². The molecule has 0 atom stereocenters. The van der Waals surface area contributed by atoms with Crippen LogP contribution >= 0.6 is 0 Å². The average molecular weight is 901 g/mol. The molecule has 320 valence electrons. The molecule has 0 N–H and O–H groups in total. The maximum Gasteiger partial charge on any atom is 0.485 e. The second-order valence-electron chi connectivity index (χ2n) is 12.1. The fourth-order valence-corrected chi connectivity index (χ4v) is 5.66. The zero-order chi connectivity index (χ0) is 43.0. The van der Waals surface area contributed by atoms with Crippen LogP contribution in [0.25, 0.3) is 0 Å². The van der Waals surface area contributed by atoms with Crippen LogP contribution in [0.3, 0.4) is 0 Å². The van der Waals surface area contributed by atoms with Crippen LogP contribution < -0.4 is 0 Å². The van der Waals surface area contributed by atoms with Gasteiger partial charge >= 0.3 is 22.0 Å². The number of alkyl halides is 12. The summed E-state index contributed by atoms with van der Waals surface area (Å²) in [5.41, 5.74) is -22.5. The molecule has 4 bridgehead atoms. The second kappa shape index (κ2) is 15.8. The van der Waals surface area contributed by atoms with Crippen molar-refractivity contribution in [2.75, 3.05) is 78.5 Å². The predicted octanol–water partition coefficient (Wildman–Crippen LogP) is 1.02. The number of quaternary nitrogens is 4. The lowest BCUT2D eigenvalue weighted by Crippen LogP contribution is -2.88. The Bertz CT molecular complexity index is 1460. The summed E-state index contributed by atoms with van der Waals surface area (Å²) in [6, 6.07) is 0. The number of fused-ring (bicyclic) bond motifs is 6. The van der Waals surface area contributed by atoms with E-state index < -0.39 is 62.5 Å². The molecule has 6 aliphatic heterocycles. The van der Waals surface area contributed by atoms with Gasteiger partial charge in [0.05, 0.1) is 0 Å². The highest BCUT2D eigenvalue weighted by Crippen LogP contribution is 2.44. The van der Waals surface area contributed by atoms with E-state index in [2.05, 4.69) is 13.8 Å². The summed E-state index contributed by atoms with van der Waals surface area (Å²) in [4.78, 5) is 0. The highest BCUT2D eigenvalue weighted by molar-refractivity contribution is 7.87. The Labute approximate surface area is 292 Å². The molecule has 16 nitrogen and oxygen atoms in total. The average Bonchev–Trinajstić information content (AvgIpc) is 2.91. The van der Waals surface area contributed by atoms with Crippen LogP contribution in [-0.4, -0.2) is 176 Å². The number of hydrogen-bond donors (Lipinski definition) is 0. The van der Waals surface area contributed by atoms with Gasteiger partial charge in [-0.15, -0.1) is 9.41 Å². The number of rotatable bonds is 2. The molecular formula is C19H30F14N4O12S4. The van der Waals surface area contributed by atoms with Crippen LogP contribution in [0, 0.1) is 0 Å². The molecule has 0 radical (unpaired) electrons. The lowest BCUT2D eigenvalue weighted by Gasteiger charge is -2.64. The van der Waals surface area contributed by atoms with Crippen molar-refractivity contribution in [1.82, 2.24) is 0 Å². The van der Waals surface area contributed by atoms with E-state index in [0.29, 0.717) is 39.3 Å². The van der Waals surface area contributed by atoms with E-state index in [0.717, 1.165) is 48.2 Å². The Kier molecular flexibility index (Phi) is 15.4. The molecule has 0 aromatic rings. The largest absolute Gasteiger partial charge is 0.741 e. The van der Waals surface area contributed by atoms with Crippen molar-refractivity contribution >= 4 is 40.5 Å². The molecular weight excluding hydrogens is 870 g/mol. The van der Waals surface area contributed by atoms with E-state index in [1.807, 2.05) is 0 Å². The summed E-state index contributed by atoms with van der Waals surface area (Å²) < 4.78 is 266. The molecule has 34 heteroatoms. The van der Waals surface area contributed by atoms with E-state index in [1.165, 1.54) is 0 Å². The molecule has 0 amide bonds. The first-order chi connectivity index (χ1) is 22.7. The van der Waals surface area contributed by atoms with Crippen molar-refractivity contribution in [3.05, 3.63) is 0 Å². The lowest BCUT2D eigenvalue weighted by atomic mass is 9.94. The van der Waals surface area contributed by atoms with Crippen molar-refractivity contribution in [3.8, 4) is 0 Å². The molecule has 53 heavy (non-hydrogen) atoms. The highest BCUT2D eigenvalue weighted by Gasteiger charge is 2.68. The summed E-state index contributed by atoms with van der Waals surface area (Å²) in [7, 11) is -24.4. The Hall–Kier alpha value is -1.50. The molecule has 0 aliphatic carbocycles. The van der Waals surface area contributed by atoms with Gasteiger partial charge in [-0.1, -0.05) is 0 Å². The fraction of sp³-hybridized carbons (Fsp3) is 1.00. The Balaban J connectivity index is 0.000000714. The number of halogens is 14. The molecule has 6 rings (SSSR count). The first-order valence-electron chi connectivity index (χ1n) is 13.7. The maximum atomic E-state index is 14.4. The van der Waals surface area contributed by atoms with Gasteiger partial charge < -0.3 is 18.2 Å². The minimum atomic E-state index is -6.09. The van der Waals surface area contributed by atoms with Crippen molar-refractivity contribution in [2.45, 2.75) is 41.5 Å². The van der Waals surface area contributed by atoms with Crippen LogP contribution in [0.5, 0.6) is 0 Å². The number of hydrogen-bond acceptors (Lipinski definition) is 12. The van der Waals surface area contributed by atoms with E-state index in [1.54, 1.807) is 0 Å². The molecule has 0 saturated carbocycles. The number of nitrogens with zero attached hydrogens (tertiary/aromatic N) is 4. The second-order valence-corrected chi connectivity index (χ2v) is 17.6. The first-order valence-corrected chi connectivity index (χ1v) is 19.3. The van der Waals surface area contributed by atoms with Crippen molar-refractivity contribution in [2.24, 2.45) is 0 Å². The minimum Gasteiger partial charge on any atom is -0.741 e. The quantitative estimate of drug-likeness (QED) is 0.124. The van der Waals surface area contributed by atoms with Gasteiger partial charge in [0.2, 0.25) is 5.66 Å². The smallest absolute Gasteiger partial charge is 0.485 e. The highest BCUT2D eigenvalue weighted by atomic mass is 32.2. The first kappa shape index (κ1) is 51.5. The van der Waals surface area contributed by atoms with E-state index >= 15 is 0 Å². The molecule has 6 aliphatic rings. The summed E-state index contributed by atoms with van der Waals surface area (Å²) in [6.07, 6.45) is 0. The Morgan fingerprint density at radius 1 is 0.358 bits per heavy atom. The number of piperazine rings is 6. The van der Waals surface area contributed by atoms with Gasteiger partial charge in [-0.2, -0.15) is 52.7 Å². The van der Waals surface area contributed by atoms with Gasteiger partial charge in [-0.05, 0) is 8.96 Å². The Morgan fingerprint density at radius 3 is 0.566 bits per heavy atom. The van der Waals surface area contributed by atoms with Crippen LogP contribution in [0.1, 0.15) is 13.8 Å². The molecule has 0 aromatic carbocycles. The standard InChI is InChI=1S/C15H30F2N4.4CHF3O3S/c1-15(2,18-3-9-20(16,10-4-18)11-5-18)19-6-12-21(17,13-7-19)14-8-19;4*2-1(3,4)8(5,6)7/h3-14H2,1-2H3;4*(H,5,6,7)/q+4;;;;/p-4. The SMILES string of the molecule is CC(C)([N+]12CC[N+](F)(CC1)CC2)[N+]12CC[N+](F)(CC1)CC2.O=S(=O)([O-])C(F)(F)F.O=S(=O)([O-])C(F)(F)F.O=S(=O)([O-])C(F)(F)F.O=S(=O)([O-])C(F)(F)F. The topological polar surface area (TPSA) is 229 Å². The summed E-state index contributed by atoms with van der Waals surface area (Å²) in [6.45, 7) is 14.6. The zero-order valence-electron chi connectivity index (χ0n) is 26.6. The zero-order valence-corrected chi connectivity index (χ0v) is 29.9. The predicted molar refractivity (Wildman–Crippen MR) is 139 cm³/mol. The van der Waals surface area contributed by atoms with E-state index in [9.17, 15) is 61.6 Å². The third-order valence-corrected chi connectivity index (χ3v) is 11.3. The van der Waals surface area contributed by atoms with E-state index in [-0.39, 0.29) is 15.1 Å². The molecule has 6 fully saturated rings. The normalized spacial score (nSPS) is 29.5. The van der Waals surface area contributed by atoms with Gasteiger partial charge in [0.25, 0.3) is 0 Å². The van der Waals surface area contributed by atoms with E-state index in [4.69, 9.17) is 51.9 Å².